The van der Waals surface area contributed by atoms with Crippen LogP contribution in [0.15, 0.2) is 27.4 Å². The fourth-order valence-electron chi connectivity index (χ4n) is 1.65. The summed E-state index contributed by atoms with van der Waals surface area (Å²) in [5, 5.41) is 7.80. The van der Waals surface area contributed by atoms with E-state index in [2.05, 4.69) is 14.9 Å². The number of benzene rings is 1. The molecule has 3 N–H and O–H groups in total. The van der Waals surface area contributed by atoms with Crippen molar-refractivity contribution >= 4 is 44.2 Å². The van der Waals surface area contributed by atoms with E-state index in [1.807, 2.05) is 6.92 Å². The minimum Gasteiger partial charge on any atom is -0.496 e. The number of hydrogen-bond donors (Lipinski definition) is 2. The molecule has 0 unspecified atom stereocenters. The van der Waals surface area contributed by atoms with Gasteiger partial charge in [0, 0.05) is 0 Å². The van der Waals surface area contributed by atoms with Crippen LogP contribution in [0.1, 0.15) is 17.3 Å². The Morgan fingerprint density at radius 3 is 2.78 bits per heavy atom. The standard InChI is InChI=1S/C12H14N4O4S3/c1-3-21-12-15-14-11(22-12)16-23(18,19)7-4-5-9(20-2)8(6-7)10(13)17/h4-6H,3H2,1-2H3,(H2,13,17)(H,14,16). The Labute approximate surface area is 141 Å². The highest BCUT2D eigenvalue weighted by atomic mass is 32.2. The van der Waals surface area contributed by atoms with Gasteiger partial charge in [0.15, 0.2) is 4.34 Å². The van der Waals surface area contributed by atoms with E-state index in [1.54, 1.807) is 0 Å². The lowest BCUT2D eigenvalue weighted by molar-refractivity contribution is 0.0997. The van der Waals surface area contributed by atoms with E-state index in [-0.39, 0.29) is 21.3 Å². The minimum atomic E-state index is -3.91. The number of nitrogens with zero attached hydrogens (tertiary/aromatic N) is 2. The van der Waals surface area contributed by atoms with Crippen LogP contribution in [-0.4, -0.2) is 37.4 Å². The van der Waals surface area contributed by atoms with Crippen molar-refractivity contribution in [3.8, 4) is 5.75 Å². The molecule has 0 aliphatic heterocycles. The summed E-state index contributed by atoms with van der Waals surface area (Å²) in [5.74, 6) is 0.229. The van der Waals surface area contributed by atoms with E-state index in [0.717, 1.165) is 23.2 Å². The molecule has 0 saturated heterocycles. The quantitative estimate of drug-likeness (QED) is 0.705. The molecule has 8 nitrogen and oxygen atoms in total. The molecule has 1 heterocycles. The second kappa shape index (κ2) is 7.15. The molecule has 23 heavy (non-hydrogen) atoms. The fourth-order valence-corrected chi connectivity index (χ4v) is 4.56. The van der Waals surface area contributed by atoms with Crippen molar-refractivity contribution in [3.05, 3.63) is 23.8 Å². The summed E-state index contributed by atoms with van der Waals surface area (Å²) in [5.41, 5.74) is 5.22. The predicted octanol–water partition coefficient (Wildman–Crippen LogP) is 1.56. The summed E-state index contributed by atoms with van der Waals surface area (Å²) in [7, 11) is -2.55. The third kappa shape index (κ3) is 4.12. The predicted molar refractivity (Wildman–Crippen MR) is 88.6 cm³/mol. The maximum absolute atomic E-state index is 12.4. The lowest BCUT2D eigenvalue weighted by Gasteiger charge is -2.09. The molecule has 2 rings (SSSR count). The summed E-state index contributed by atoms with van der Waals surface area (Å²) in [4.78, 5) is 11.3. The molecule has 0 bridgehead atoms. The van der Waals surface area contributed by atoms with Crippen molar-refractivity contribution in [1.82, 2.24) is 10.2 Å². The van der Waals surface area contributed by atoms with Crippen LogP contribution in [0.5, 0.6) is 5.75 Å². The molecule has 0 radical (unpaired) electrons. The molecule has 2 aromatic rings. The fraction of sp³-hybridized carbons (Fsp3) is 0.250. The molecule has 0 aliphatic rings. The zero-order valence-electron chi connectivity index (χ0n) is 12.3. The van der Waals surface area contributed by atoms with Gasteiger partial charge in [-0.1, -0.05) is 30.0 Å². The van der Waals surface area contributed by atoms with E-state index in [4.69, 9.17) is 10.5 Å². The summed E-state index contributed by atoms with van der Waals surface area (Å²) in [6.07, 6.45) is 0. The molecule has 0 fully saturated rings. The highest BCUT2D eigenvalue weighted by Gasteiger charge is 2.20. The number of carbonyl (C=O) groups excluding carboxylic acids is 1. The Bertz CT molecular complexity index is 819. The monoisotopic (exact) mass is 374 g/mol. The largest absolute Gasteiger partial charge is 0.496 e. The number of methoxy groups -OCH3 is 1. The number of carbonyl (C=O) groups is 1. The van der Waals surface area contributed by atoms with E-state index in [1.165, 1.54) is 31.0 Å². The molecule has 124 valence electrons. The number of nitrogens with one attached hydrogen (secondary N) is 1. The highest BCUT2D eigenvalue weighted by Crippen LogP contribution is 2.28. The van der Waals surface area contributed by atoms with Crippen molar-refractivity contribution in [2.75, 3.05) is 17.6 Å². The number of rotatable bonds is 7. The van der Waals surface area contributed by atoms with Crippen LogP contribution in [0.4, 0.5) is 5.13 Å². The molecule has 0 saturated carbocycles. The first-order valence-corrected chi connectivity index (χ1v) is 9.63. The van der Waals surface area contributed by atoms with Crippen LogP contribution in [-0.2, 0) is 10.0 Å². The third-order valence-electron chi connectivity index (χ3n) is 2.64. The Morgan fingerprint density at radius 2 is 2.17 bits per heavy atom. The average molecular weight is 374 g/mol. The normalized spacial score (nSPS) is 11.2. The summed E-state index contributed by atoms with van der Waals surface area (Å²) >= 11 is 2.59. The van der Waals surface area contributed by atoms with Gasteiger partial charge in [0.2, 0.25) is 5.13 Å². The Hall–Kier alpha value is -1.85. The van der Waals surface area contributed by atoms with Gasteiger partial charge in [0.1, 0.15) is 5.75 Å². The summed E-state index contributed by atoms with van der Waals surface area (Å²) in [6, 6.07) is 3.84. The van der Waals surface area contributed by atoms with Crippen molar-refractivity contribution < 1.29 is 17.9 Å². The number of amides is 1. The lowest BCUT2D eigenvalue weighted by Crippen LogP contribution is -2.16. The van der Waals surface area contributed by atoms with Crippen LogP contribution in [0.3, 0.4) is 0 Å². The van der Waals surface area contributed by atoms with Crippen molar-refractivity contribution in [1.29, 1.82) is 0 Å². The summed E-state index contributed by atoms with van der Waals surface area (Å²) < 4.78 is 32.7. The Kier molecular flexibility index (Phi) is 5.44. The van der Waals surface area contributed by atoms with Crippen LogP contribution >= 0.6 is 23.1 Å². The molecule has 1 aromatic heterocycles. The number of primary amides is 1. The van der Waals surface area contributed by atoms with Gasteiger partial charge in [0.05, 0.1) is 17.6 Å². The summed E-state index contributed by atoms with van der Waals surface area (Å²) in [6.45, 7) is 1.96. The smallest absolute Gasteiger partial charge is 0.263 e. The molecule has 0 spiro atoms. The second-order valence-electron chi connectivity index (χ2n) is 4.14. The van der Waals surface area contributed by atoms with Gasteiger partial charge in [-0.25, -0.2) is 8.42 Å². The van der Waals surface area contributed by atoms with Gasteiger partial charge in [-0.15, -0.1) is 10.2 Å². The first-order chi connectivity index (χ1) is 10.9. The molecular weight excluding hydrogens is 360 g/mol. The van der Waals surface area contributed by atoms with Crippen LogP contribution in [0.2, 0.25) is 0 Å². The molecule has 1 amide bonds. The van der Waals surface area contributed by atoms with E-state index in [9.17, 15) is 13.2 Å². The van der Waals surface area contributed by atoms with Crippen molar-refractivity contribution in [3.63, 3.8) is 0 Å². The number of thioether (sulfide) groups is 1. The molecule has 11 heteroatoms. The third-order valence-corrected chi connectivity index (χ3v) is 5.96. The van der Waals surface area contributed by atoms with Gasteiger partial charge in [-0.05, 0) is 24.0 Å². The van der Waals surface area contributed by atoms with Crippen LogP contribution < -0.4 is 15.2 Å². The zero-order valence-corrected chi connectivity index (χ0v) is 14.7. The van der Waals surface area contributed by atoms with Crippen LogP contribution in [0, 0.1) is 0 Å². The van der Waals surface area contributed by atoms with Gasteiger partial charge >= 0.3 is 0 Å². The first-order valence-electron chi connectivity index (χ1n) is 6.34. The van der Waals surface area contributed by atoms with Gasteiger partial charge in [0.25, 0.3) is 15.9 Å². The second-order valence-corrected chi connectivity index (χ2v) is 8.31. The number of hydrogen-bond acceptors (Lipinski definition) is 8. The maximum atomic E-state index is 12.4. The maximum Gasteiger partial charge on any atom is 0.263 e. The van der Waals surface area contributed by atoms with E-state index in [0.29, 0.717) is 4.34 Å². The minimum absolute atomic E-state index is 0.0186. The topological polar surface area (TPSA) is 124 Å². The van der Waals surface area contributed by atoms with Crippen molar-refractivity contribution in [2.24, 2.45) is 5.73 Å². The lowest BCUT2D eigenvalue weighted by atomic mass is 10.2. The highest BCUT2D eigenvalue weighted by molar-refractivity contribution is 8.01. The Morgan fingerprint density at radius 1 is 1.43 bits per heavy atom. The molecule has 0 atom stereocenters. The number of sulfonamides is 1. The van der Waals surface area contributed by atoms with E-state index >= 15 is 0 Å². The van der Waals surface area contributed by atoms with Gasteiger partial charge in [-0.3, -0.25) is 9.52 Å². The molecule has 1 aromatic carbocycles. The van der Waals surface area contributed by atoms with Crippen molar-refractivity contribution in [2.45, 2.75) is 16.2 Å². The van der Waals surface area contributed by atoms with E-state index < -0.39 is 15.9 Å². The zero-order chi connectivity index (χ0) is 17.0. The van der Waals surface area contributed by atoms with Crippen LogP contribution in [0.25, 0.3) is 0 Å². The SMILES string of the molecule is CCSc1nnc(NS(=O)(=O)c2ccc(OC)c(C(N)=O)c2)s1. The number of ether oxygens (including phenoxy) is 1. The first kappa shape index (κ1) is 17.5. The number of aromatic nitrogens is 2. The average Bonchev–Trinajstić information content (AvgIpc) is 2.93. The number of nitrogens with two attached hydrogens (primary N) is 1. The molecular formula is C12H14N4O4S3. The Balaban J connectivity index is 2.31. The number of anilines is 1. The van der Waals surface area contributed by atoms with Gasteiger partial charge < -0.3 is 10.5 Å². The molecule has 0 aliphatic carbocycles. The van der Waals surface area contributed by atoms with Gasteiger partial charge in [-0.2, -0.15) is 0 Å².